The van der Waals surface area contributed by atoms with E-state index in [9.17, 15) is 0 Å². The van der Waals surface area contributed by atoms with Crippen molar-refractivity contribution in [2.45, 2.75) is 31.7 Å². The molecule has 0 amide bonds. The molecule has 0 aromatic heterocycles. The number of ether oxygens (including phenoxy) is 2. The monoisotopic (exact) mass is 233 g/mol. The standard InChI is InChI=1S/C14H19NO2/c1-14(5-3-6-15-14)11-8-10-4-7-17-13(10)12(9-11)16-2/h8-9,15H,3-7H2,1-2H3. The maximum atomic E-state index is 5.63. The Balaban J connectivity index is 2.06. The predicted molar refractivity (Wildman–Crippen MR) is 66.8 cm³/mol. The fourth-order valence-corrected chi connectivity index (χ4v) is 2.88. The minimum absolute atomic E-state index is 0.102. The summed E-state index contributed by atoms with van der Waals surface area (Å²) in [6.45, 7) is 4.16. The highest BCUT2D eigenvalue weighted by Gasteiger charge is 2.32. The van der Waals surface area contributed by atoms with E-state index in [1.165, 1.54) is 24.0 Å². The Morgan fingerprint density at radius 2 is 2.29 bits per heavy atom. The van der Waals surface area contributed by atoms with Crippen LogP contribution in [0.15, 0.2) is 12.1 Å². The smallest absolute Gasteiger partial charge is 0.164 e. The Hall–Kier alpha value is -1.22. The summed E-state index contributed by atoms with van der Waals surface area (Å²) >= 11 is 0. The number of hydrogen-bond acceptors (Lipinski definition) is 3. The number of fused-ring (bicyclic) bond motifs is 1. The minimum atomic E-state index is 0.102. The summed E-state index contributed by atoms with van der Waals surface area (Å²) < 4.78 is 11.1. The molecule has 1 saturated heterocycles. The van der Waals surface area contributed by atoms with Crippen molar-refractivity contribution in [3.63, 3.8) is 0 Å². The Morgan fingerprint density at radius 3 is 3.00 bits per heavy atom. The van der Waals surface area contributed by atoms with Crippen LogP contribution in [0, 0.1) is 0 Å². The van der Waals surface area contributed by atoms with Crippen LogP contribution in [0.5, 0.6) is 11.5 Å². The van der Waals surface area contributed by atoms with Gasteiger partial charge in [0.2, 0.25) is 0 Å². The van der Waals surface area contributed by atoms with Crippen LogP contribution in [0.25, 0.3) is 0 Å². The van der Waals surface area contributed by atoms with Crippen molar-refractivity contribution in [1.29, 1.82) is 0 Å². The zero-order valence-electron chi connectivity index (χ0n) is 10.5. The van der Waals surface area contributed by atoms with Gasteiger partial charge in [-0.05, 0) is 44.0 Å². The molecular formula is C14H19NO2. The lowest BCUT2D eigenvalue weighted by Crippen LogP contribution is -2.33. The van der Waals surface area contributed by atoms with Crippen molar-refractivity contribution in [3.05, 3.63) is 23.3 Å². The summed E-state index contributed by atoms with van der Waals surface area (Å²) in [6, 6.07) is 4.41. The van der Waals surface area contributed by atoms with Crippen LogP contribution in [0.1, 0.15) is 30.9 Å². The van der Waals surface area contributed by atoms with E-state index in [2.05, 4.69) is 24.4 Å². The molecule has 1 N–H and O–H groups in total. The zero-order chi connectivity index (χ0) is 11.9. The van der Waals surface area contributed by atoms with Crippen molar-refractivity contribution in [2.24, 2.45) is 0 Å². The lowest BCUT2D eigenvalue weighted by atomic mass is 9.89. The highest BCUT2D eigenvalue weighted by atomic mass is 16.5. The summed E-state index contributed by atoms with van der Waals surface area (Å²) in [6.07, 6.45) is 3.43. The van der Waals surface area contributed by atoms with Crippen LogP contribution in [-0.2, 0) is 12.0 Å². The van der Waals surface area contributed by atoms with Crippen molar-refractivity contribution in [1.82, 2.24) is 5.32 Å². The molecule has 0 spiro atoms. The topological polar surface area (TPSA) is 30.5 Å². The molecule has 1 aromatic carbocycles. The molecule has 1 aromatic rings. The average molecular weight is 233 g/mol. The van der Waals surface area contributed by atoms with Gasteiger partial charge in [-0.2, -0.15) is 0 Å². The molecule has 0 bridgehead atoms. The SMILES string of the molecule is COc1cc(C2(C)CCCN2)cc2c1OCC2. The van der Waals surface area contributed by atoms with Gasteiger partial charge in [0.15, 0.2) is 11.5 Å². The minimum Gasteiger partial charge on any atom is -0.493 e. The number of methoxy groups -OCH3 is 1. The third-order valence-corrected chi connectivity index (χ3v) is 3.98. The molecule has 92 valence electrons. The van der Waals surface area contributed by atoms with Gasteiger partial charge in [0.05, 0.1) is 13.7 Å². The van der Waals surface area contributed by atoms with Gasteiger partial charge in [-0.3, -0.25) is 0 Å². The zero-order valence-corrected chi connectivity index (χ0v) is 10.5. The van der Waals surface area contributed by atoms with Crippen LogP contribution < -0.4 is 14.8 Å². The number of nitrogens with one attached hydrogen (secondary N) is 1. The normalized spacial score (nSPS) is 26.7. The summed E-state index contributed by atoms with van der Waals surface area (Å²) in [7, 11) is 1.71. The van der Waals surface area contributed by atoms with Crippen LogP contribution in [0.4, 0.5) is 0 Å². The quantitative estimate of drug-likeness (QED) is 0.849. The fourth-order valence-electron chi connectivity index (χ4n) is 2.88. The molecular weight excluding hydrogens is 214 g/mol. The molecule has 0 saturated carbocycles. The lowest BCUT2D eigenvalue weighted by Gasteiger charge is -2.26. The second kappa shape index (κ2) is 3.91. The van der Waals surface area contributed by atoms with Gasteiger partial charge in [-0.15, -0.1) is 0 Å². The van der Waals surface area contributed by atoms with Crippen molar-refractivity contribution >= 4 is 0 Å². The Morgan fingerprint density at radius 1 is 1.41 bits per heavy atom. The van der Waals surface area contributed by atoms with E-state index in [0.29, 0.717) is 0 Å². The van der Waals surface area contributed by atoms with Crippen LogP contribution in [-0.4, -0.2) is 20.3 Å². The average Bonchev–Trinajstić information content (AvgIpc) is 2.96. The molecule has 2 aliphatic heterocycles. The van der Waals surface area contributed by atoms with Crippen LogP contribution in [0.3, 0.4) is 0 Å². The summed E-state index contributed by atoms with van der Waals surface area (Å²) in [4.78, 5) is 0. The highest BCUT2D eigenvalue weighted by Crippen LogP contribution is 2.41. The Labute approximate surface area is 102 Å². The van der Waals surface area contributed by atoms with Gasteiger partial charge >= 0.3 is 0 Å². The first-order valence-electron chi connectivity index (χ1n) is 6.32. The van der Waals surface area contributed by atoms with E-state index in [0.717, 1.165) is 31.1 Å². The maximum absolute atomic E-state index is 5.63. The van der Waals surface area contributed by atoms with Crippen molar-refractivity contribution < 1.29 is 9.47 Å². The second-order valence-corrected chi connectivity index (χ2v) is 5.13. The third-order valence-electron chi connectivity index (χ3n) is 3.98. The predicted octanol–water partition coefficient (Wildman–Crippen LogP) is 2.23. The van der Waals surface area contributed by atoms with Gasteiger partial charge < -0.3 is 14.8 Å². The summed E-state index contributed by atoms with van der Waals surface area (Å²) in [5.74, 6) is 1.82. The first-order chi connectivity index (χ1) is 8.23. The van der Waals surface area contributed by atoms with Crippen molar-refractivity contribution in [2.75, 3.05) is 20.3 Å². The molecule has 17 heavy (non-hydrogen) atoms. The van der Waals surface area contributed by atoms with E-state index < -0.39 is 0 Å². The molecule has 0 aliphatic carbocycles. The number of benzene rings is 1. The third kappa shape index (κ3) is 1.69. The van der Waals surface area contributed by atoms with Crippen LogP contribution >= 0.6 is 0 Å². The summed E-state index contributed by atoms with van der Waals surface area (Å²) in [5, 5.41) is 3.60. The van der Waals surface area contributed by atoms with Gasteiger partial charge in [-0.25, -0.2) is 0 Å². The molecule has 0 radical (unpaired) electrons. The van der Waals surface area contributed by atoms with E-state index in [1.54, 1.807) is 7.11 Å². The molecule has 1 atom stereocenters. The number of hydrogen-bond donors (Lipinski definition) is 1. The summed E-state index contributed by atoms with van der Waals surface area (Å²) in [5.41, 5.74) is 2.72. The Kier molecular flexibility index (Phi) is 2.51. The molecule has 3 nitrogen and oxygen atoms in total. The number of rotatable bonds is 2. The second-order valence-electron chi connectivity index (χ2n) is 5.13. The molecule has 3 heteroatoms. The lowest BCUT2D eigenvalue weighted by molar-refractivity contribution is 0.325. The van der Waals surface area contributed by atoms with E-state index >= 15 is 0 Å². The van der Waals surface area contributed by atoms with Crippen LogP contribution in [0.2, 0.25) is 0 Å². The largest absolute Gasteiger partial charge is 0.493 e. The van der Waals surface area contributed by atoms with E-state index in [1.807, 2.05) is 0 Å². The highest BCUT2D eigenvalue weighted by molar-refractivity contribution is 5.53. The van der Waals surface area contributed by atoms with E-state index in [4.69, 9.17) is 9.47 Å². The maximum Gasteiger partial charge on any atom is 0.164 e. The molecule has 1 fully saturated rings. The van der Waals surface area contributed by atoms with Gasteiger partial charge in [0.1, 0.15) is 0 Å². The molecule has 1 unspecified atom stereocenters. The van der Waals surface area contributed by atoms with Gasteiger partial charge in [-0.1, -0.05) is 0 Å². The first kappa shape index (κ1) is 10.9. The molecule has 2 aliphatic rings. The molecule has 3 rings (SSSR count). The fraction of sp³-hybridized carbons (Fsp3) is 0.571. The van der Waals surface area contributed by atoms with Gasteiger partial charge in [0.25, 0.3) is 0 Å². The first-order valence-corrected chi connectivity index (χ1v) is 6.32. The van der Waals surface area contributed by atoms with Crippen molar-refractivity contribution in [3.8, 4) is 11.5 Å². The molecule has 2 heterocycles. The van der Waals surface area contributed by atoms with Gasteiger partial charge in [0, 0.05) is 17.5 Å². The Bertz CT molecular complexity index is 436. The van der Waals surface area contributed by atoms with E-state index in [-0.39, 0.29) is 5.54 Å².